The average molecular weight is 278 g/mol. The number of carbonyl (C=O) groups is 1. The van der Waals surface area contributed by atoms with Crippen LogP contribution in [-0.4, -0.2) is 41.7 Å². The molecule has 0 spiro atoms. The summed E-state index contributed by atoms with van der Waals surface area (Å²) in [5.41, 5.74) is 7.05. The minimum Gasteiger partial charge on any atom is -0.480 e. The fourth-order valence-electron chi connectivity index (χ4n) is 1.91. The van der Waals surface area contributed by atoms with Crippen LogP contribution >= 0.6 is 0 Å². The predicted molar refractivity (Wildman–Crippen MR) is 71.1 cm³/mol. The number of rotatable bonds is 6. The minimum absolute atomic E-state index is 0.165. The molecule has 8 nitrogen and oxygen atoms in total. The molecule has 20 heavy (non-hydrogen) atoms. The van der Waals surface area contributed by atoms with Crippen molar-refractivity contribution in [2.75, 3.05) is 0 Å². The minimum atomic E-state index is -1.04. The number of nitrogens with two attached hydrogens (primary N) is 1. The standard InChI is InChI=1S/C12H18N6O2/c1-8(2)18-7-14-4-10(18)6-17-5-9(15-16-17)3-11(13)12(19)20/h4-5,7-8,11H,3,6,13H2,1-2H3,(H,19,20). The summed E-state index contributed by atoms with van der Waals surface area (Å²) in [6.45, 7) is 4.68. The number of nitrogens with zero attached hydrogens (tertiary/aromatic N) is 5. The van der Waals surface area contributed by atoms with Gasteiger partial charge in [-0.15, -0.1) is 5.10 Å². The highest BCUT2D eigenvalue weighted by molar-refractivity contribution is 5.73. The lowest BCUT2D eigenvalue weighted by Crippen LogP contribution is -2.32. The van der Waals surface area contributed by atoms with E-state index in [4.69, 9.17) is 10.8 Å². The van der Waals surface area contributed by atoms with Crippen molar-refractivity contribution in [1.82, 2.24) is 24.5 Å². The van der Waals surface area contributed by atoms with Gasteiger partial charge in [0.05, 0.1) is 30.5 Å². The Morgan fingerprint density at radius 3 is 2.90 bits per heavy atom. The quantitative estimate of drug-likeness (QED) is 0.772. The summed E-state index contributed by atoms with van der Waals surface area (Å²) in [5.74, 6) is -1.04. The van der Waals surface area contributed by atoms with Crippen molar-refractivity contribution >= 4 is 5.97 Å². The maximum atomic E-state index is 10.7. The molecule has 0 amide bonds. The van der Waals surface area contributed by atoms with Gasteiger partial charge < -0.3 is 15.4 Å². The van der Waals surface area contributed by atoms with Crippen LogP contribution in [0.1, 0.15) is 31.3 Å². The van der Waals surface area contributed by atoms with Gasteiger partial charge in [-0.3, -0.25) is 4.79 Å². The van der Waals surface area contributed by atoms with Gasteiger partial charge in [0.25, 0.3) is 0 Å². The van der Waals surface area contributed by atoms with E-state index in [0.717, 1.165) is 5.69 Å². The summed E-state index contributed by atoms with van der Waals surface area (Å²) in [7, 11) is 0. The molecule has 0 aliphatic heterocycles. The first-order chi connectivity index (χ1) is 9.47. The van der Waals surface area contributed by atoms with Crippen LogP contribution in [0.15, 0.2) is 18.7 Å². The highest BCUT2D eigenvalue weighted by atomic mass is 16.4. The Labute approximate surface area is 116 Å². The van der Waals surface area contributed by atoms with Gasteiger partial charge in [0.1, 0.15) is 6.04 Å². The van der Waals surface area contributed by atoms with Crippen LogP contribution in [0, 0.1) is 0 Å². The fraction of sp³-hybridized carbons (Fsp3) is 0.500. The molecule has 2 heterocycles. The molecule has 0 fully saturated rings. The predicted octanol–water partition coefficient (Wildman–Crippen LogP) is 0.0582. The Balaban J connectivity index is 2.06. The number of carboxylic acids is 1. The van der Waals surface area contributed by atoms with Gasteiger partial charge in [-0.05, 0) is 13.8 Å². The van der Waals surface area contributed by atoms with Crippen LogP contribution in [0.3, 0.4) is 0 Å². The van der Waals surface area contributed by atoms with Crippen LogP contribution in [-0.2, 0) is 17.8 Å². The van der Waals surface area contributed by atoms with E-state index in [1.807, 2.05) is 4.57 Å². The Bertz CT molecular complexity index is 588. The zero-order chi connectivity index (χ0) is 14.7. The lowest BCUT2D eigenvalue weighted by atomic mass is 10.2. The molecular formula is C12H18N6O2. The number of aromatic nitrogens is 5. The third kappa shape index (κ3) is 3.21. The van der Waals surface area contributed by atoms with Gasteiger partial charge in [0, 0.05) is 18.7 Å². The first-order valence-corrected chi connectivity index (χ1v) is 6.35. The van der Waals surface area contributed by atoms with E-state index < -0.39 is 12.0 Å². The molecule has 0 saturated carbocycles. The number of carboxylic acid groups (broad SMARTS) is 1. The number of hydrogen-bond acceptors (Lipinski definition) is 5. The van der Waals surface area contributed by atoms with Crippen LogP contribution < -0.4 is 5.73 Å². The molecule has 108 valence electrons. The third-order valence-corrected chi connectivity index (χ3v) is 2.96. The Hall–Kier alpha value is -2.22. The van der Waals surface area contributed by atoms with Crippen molar-refractivity contribution in [3.05, 3.63) is 30.1 Å². The lowest BCUT2D eigenvalue weighted by Gasteiger charge is -2.11. The smallest absolute Gasteiger partial charge is 0.320 e. The molecule has 0 bridgehead atoms. The van der Waals surface area contributed by atoms with Crippen molar-refractivity contribution < 1.29 is 9.90 Å². The number of hydrogen-bond donors (Lipinski definition) is 2. The Kier molecular flexibility index (Phi) is 4.14. The Morgan fingerprint density at radius 2 is 2.25 bits per heavy atom. The SMILES string of the molecule is CC(C)n1cncc1Cn1cc(CC(N)C(=O)O)nn1. The van der Waals surface area contributed by atoms with E-state index in [-0.39, 0.29) is 6.42 Å². The van der Waals surface area contributed by atoms with Crippen molar-refractivity contribution in [3.63, 3.8) is 0 Å². The maximum absolute atomic E-state index is 10.7. The van der Waals surface area contributed by atoms with E-state index >= 15 is 0 Å². The number of imidazole rings is 1. The monoisotopic (exact) mass is 278 g/mol. The Morgan fingerprint density at radius 1 is 1.50 bits per heavy atom. The molecule has 0 radical (unpaired) electrons. The molecule has 2 aromatic rings. The highest BCUT2D eigenvalue weighted by Crippen LogP contribution is 2.10. The number of aliphatic carboxylic acids is 1. The second-order valence-corrected chi connectivity index (χ2v) is 4.94. The molecule has 0 aromatic carbocycles. The summed E-state index contributed by atoms with van der Waals surface area (Å²) in [4.78, 5) is 14.8. The average Bonchev–Trinajstić information content (AvgIpc) is 2.99. The molecule has 2 rings (SSSR count). The van der Waals surface area contributed by atoms with Gasteiger partial charge in [-0.2, -0.15) is 0 Å². The van der Waals surface area contributed by atoms with E-state index in [9.17, 15) is 4.79 Å². The second-order valence-electron chi connectivity index (χ2n) is 4.94. The summed E-state index contributed by atoms with van der Waals surface area (Å²) in [5, 5.41) is 16.7. The molecule has 8 heteroatoms. The first kappa shape index (κ1) is 14.2. The largest absolute Gasteiger partial charge is 0.480 e. The van der Waals surface area contributed by atoms with E-state index in [0.29, 0.717) is 18.3 Å². The maximum Gasteiger partial charge on any atom is 0.320 e. The van der Waals surface area contributed by atoms with Crippen LogP contribution in [0.5, 0.6) is 0 Å². The third-order valence-electron chi connectivity index (χ3n) is 2.96. The van der Waals surface area contributed by atoms with Crippen molar-refractivity contribution in [1.29, 1.82) is 0 Å². The van der Waals surface area contributed by atoms with Crippen LogP contribution in [0.25, 0.3) is 0 Å². The molecule has 0 saturated heterocycles. The zero-order valence-corrected chi connectivity index (χ0v) is 11.5. The van der Waals surface area contributed by atoms with Gasteiger partial charge in [0.15, 0.2) is 0 Å². The molecular weight excluding hydrogens is 260 g/mol. The summed E-state index contributed by atoms with van der Waals surface area (Å²) in [6, 6.07) is -0.641. The molecule has 0 aliphatic rings. The van der Waals surface area contributed by atoms with Crippen molar-refractivity contribution in [2.24, 2.45) is 5.73 Å². The van der Waals surface area contributed by atoms with Crippen molar-refractivity contribution in [2.45, 2.75) is 38.9 Å². The van der Waals surface area contributed by atoms with Gasteiger partial charge >= 0.3 is 5.97 Å². The first-order valence-electron chi connectivity index (χ1n) is 6.35. The highest BCUT2D eigenvalue weighted by Gasteiger charge is 2.15. The van der Waals surface area contributed by atoms with E-state index in [1.54, 1.807) is 23.4 Å². The molecule has 0 aliphatic carbocycles. The summed E-state index contributed by atoms with van der Waals surface area (Å²) >= 11 is 0. The molecule has 2 aromatic heterocycles. The molecule has 3 N–H and O–H groups in total. The van der Waals surface area contributed by atoms with E-state index in [1.165, 1.54) is 0 Å². The van der Waals surface area contributed by atoms with Gasteiger partial charge in [-0.1, -0.05) is 5.21 Å². The topological polar surface area (TPSA) is 112 Å². The second kappa shape index (κ2) is 5.83. The normalized spacial score (nSPS) is 12.8. The lowest BCUT2D eigenvalue weighted by molar-refractivity contribution is -0.138. The van der Waals surface area contributed by atoms with Gasteiger partial charge in [-0.25, -0.2) is 9.67 Å². The van der Waals surface area contributed by atoms with Crippen molar-refractivity contribution in [3.8, 4) is 0 Å². The molecule has 1 unspecified atom stereocenters. The fourth-order valence-corrected chi connectivity index (χ4v) is 1.91. The van der Waals surface area contributed by atoms with Crippen LogP contribution in [0.2, 0.25) is 0 Å². The summed E-state index contributed by atoms with van der Waals surface area (Å²) in [6.07, 6.45) is 5.43. The van der Waals surface area contributed by atoms with E-state index in [2.05, 4.69) is 29.1 Å². The van der Waals surface area contributed by atoms with Crippen LogP contribution in [0.4, 0.5) is 0 Å². The zero-order valence-electron chi connectivity index (χ0n) is 11.5. The summed E-state index contributed by atoms with van der Waals surface area (Å²) < 4.78 is 3.70. The molecule has 1 atom stereocenters. The van der Waals surface area contributed by atoms with Gasteiger partial charge in [0.2, 0.25) is 0 Å².